The van der Waals surface area contributed by atoms with Crippen molar-refractivity contribution in [2.75, 3.05) is 26.2 Å². The van der Waals surface area contributed by atoms with Gasteiger partial charge in [0.25, 0.3) is 0 Å². The van der Waals surface area contributed by atoms with Crippen LogP contribution in [0.3, 0.4) is 0 Å². The smallest absolute Gasteiger partial charge is 0.239 e. The van der Waals surface area contributed by atoms with Gasteiger partial charge in [-0.25, -0.2) is 0 Å². The number of rotatable bonds is 4. The first-order valence-corrected chi connectivity index (χ1v) is 5.92. The molecule has 2 aliphatic heterocycles. The van der Waals surface area contributed by atoms with Gasteiger partial charge in [-0.15, -0.1) is 0 Å². The fourth-order valence-corrected chi connectivity index (χ4v) is 2.13. The molecule has 5 nitrogen and oxygen atoms in total. The first kappa shape index (κ1) is 11.4. The van der Waals surface area contributed by atoms with Gasteiger partial charge in [-0.2, -0.15) is 0 Å². The number of hydrogen-bond acceptors (Lipinski definition) is 3. The van der Waals surface area contributed by atoms with E-state index in [-0.39, 0.29) is 24.5 Å². The van der Waals surface area contributed by atoms with E-state index >= 15 is 0 Å². The van der Waals surface area contributed by atoms with Gasteiger partial charge in [0, 0.05) is 26.1 Å². The fraction of sp³-hybridized carbons (Fsp3) is 0.818. The molecule has 2 amide bonds. The molecular formula is C11H18N2O3. The highest BCUT2D eigenvalue weighted by molar-refractivity contribution is 5.85. The van der Waals surface area contributed by atoms with E-state index < -0.39 is 0 Å². The minimum atomic E-state index is -0.0780. The lowest BCUT2D eigenvalue weighted by Gasteiger charge is -2.16. The van der Waals surface area contributed by atoms with Crippen LogP contribution < -0.4 is 5.32 Å². The minimum Gasteiger partial charge on any atom is -0.376 e. The molecule has 90 valence electrons. The van der Waals surface area contributed by atoms with Gasteiger partial charge >= 0.3 is 0 Å². The molecule has 0 unspecified atom stereocenters. The summed E-state index contributed by atoms with van der Waals surface area (Å²) in [5.74, 6) is 0.0121. The molecule has 0 aliphatic carbocycles. The lowest BCUT2D eigenvalue weighted by Crippen LogP contribution is -2.40. The van der Waals surface area contributed by atoms with Crippen molar-refractivity contribution in [3.05, 3.63) is 0 Å². The highest BCUT2D eigenvalue weighted by Crippen LogP contribution is 2.11. The topological polar surface area (TPSA) is 58.6 Å². The Hall–Kier alpha value is -1.10. The van der Waals surface area contributed by atoms with Crippen LogP contribution in [-0.4, -0.2) is 49.1 Å². The molecule has 16 heavy (non-hydrogen) atoms. The van der Waals surface area contributed by atoms with Gasteiger partial charge < -0.3 is 15.0 Å². The molecule has 0 aromatic heterocycles. The van der Waals surface area contributed by atoms with Gasteiger partial charge in [0.05, 0.1) is 12.6 Å². The molecule has 5 heteroatoms. The molecule has 2 fully saturated rings. The summed E-state index contributed by atoms with van der Waals surface area (Å²) in [5.41, 5.74) is 0. The van der Waals surface area contributed by atoms with Gasteiger partial charge in [-0.3, -0.25) is 9.59 Å². The predicted molar refractivity (Wildman–Crippen MR) is 57.8 cm³/mol. The van der Waals surface area contributed by atoms with Crippen molar-refractivity contribution in [1.29, 1.82) is 0 Å². The molecule has 0 aromatic carbocycles. The Bertz CT molecular complexity index is 274. The van der Waals surface area contributed by atoms with E-state index in [1.54, 1.807) is 4.90 Å². The average molecular weight is 226 g/mol. The van der Waals surface area contributed by atoms with Crippen LogP contribution in [0.2, 0.25) is 0 Å². The summed E-state index contributed by atoms with van der Waals surface area (Å²) >= 11 is 0. The second-order valence-corrected chi connectivity index (χ2v) is 4.36. The molecule has 0 saturated carbocycles. The lowest BCUT2D eigenvalue weighted by atomic mass is 10.2. The molecule has 2 rings (SSSR count). The summed E-state index contributed by atoms with van der Waals surface area (Å²) in [6.07, 6.45) is 3.71. The predicted octanol–water partition coefficient (Wildman–Crippen LogP) is -0.0960. The quantitative estimate of drug-likeness (QED) is 0.728. The molecule has 0 bridgehead atoms. The van der Waals surface area contributed by atoms with Crippen LogP contribution in [0.4, 0.5) is 0 Å². The SMILES string of the molecule is O=C(CN1CCCC1=O)NC[C@@H]1CCCO1. The van der Waals surface area contributed by atoms with Gasteiger partial charge in [0.1, 0.15) is 0 Å². The zero-order chi connectivity index (χ0) is 11.4. The van der Waals surface area contributed by atoms with E-state index in [2.05, 4.69) is 5.32 Å². The number of amides is 2. The van der Waals surface area contributed by atoms with E-state index in [9.17, 15) is 9.59 Å². The van der Waals surface area contributed by atoms with Crippen LogP contribution in [0, 0.1) is 0 Å². The maximum Gasteiger partial charge on any atom is 0.239 e. The number of likely N-dealkylation sites (tertiary alicyclic amines) is 1. The molecule has 0 aromatic rings. The Balaban J connectivity index is 1.65. The Morgan fingerprint density at radius 1 is 1.50 bits per heavy atom. The standard InChI is InChI=1S/C11H18N2O3/c14-10(8-13-5-1-4-11(13)15)12-7-9-3-2-6-16-9/h9H,1-8H2,(H,12,14)/t9-/m0/s1. The van der Waals surface area contributed by atoms with E-state index in [1.165, 1.54) is 0 Å². The third-order valence-corrected chi connectivity index (χ3v) is 3.06. The van der Waals surface area contributed by atoms with Crippen molar-refractivity contribution < 1.29 is 14.3 Å². The zero-order valence-corrected chi connectivity index (χ0v) is 9.41. The Morgan fingerprint density at radius 3 is 3.00 bits per heavy atom. The number of carbonyl (C=O) groups excluding carboxylic acids is 2. The van der Waals surface area contributed by atoms with Crippen molar-refractivity contribution >= 4 is 11.8 Å². The number of nitrogens with one attached hydrogen (secondary N) is 1. The van der Waals surface area contributed by atoms with Crippen molar-refractivity contribution in [3.63, 3.8) is 0 Å². The van der Waals surface area contributed by atoms with Crippen molar-refractivity contribution in [1.82, 2.24) is 10.2 Å². The highest BCUT2D eigenvalue weighted by atomic mass is 16.5. The summed E-state index contributed by atoms with van der Waals surface area (Å²) in [7, 11) is 0. The minimum absolute atomic E-state index is 0.0780. The van der Waals surface area contributed by atoms with Gasteiger partial charge in [-0.1, -0.05) is 0 Å². The summed E-state index contributed by atoms with van der Waals surface area (Å²) in [4.78, 5) is 24.4. The third-order valence-electron chi connectivity index (χ3n) is 3.06. The molecular weight excluding hydrogens is 208 g/mol. The van der Waals surface area contributed by atoms with Crippen LogP contribution in [0.25, 0.3) is 0 Å². The normalized spacial score (nSPS) is 25.1. The van der Waals surface area contributed by atoms with Crippen LogP contribution in [-0.2, 0) is 14.3 Å². The second-order valence-electron chi connectivity index (χ2n) is 4.36. The van der Waals surface area contributed by atoms with Crippen molar-refractivity contribution in [3.8, 4) is 0 Å². The fourth-order valence-electron chi connectivity index (χ4n) is 2.13. The van der Waals surface area contributed by atoms with Crippen LogP contribution >= 0.6 is 0 Å². The maximum atomic E-state index is 11.5. The van der Waals surface area contributed by atoms with E-state index in [1.807, 2.05) is 0 Å². The van der Waals surface area contributed by atoms with E-state index in [4.69, 9.17) is 4.74 Å². The Morgan fingerprint density at radius 2 is 2.38 bits per heavy atom. The number of hydrogen-bond donors (Lipinski definition) is 1. The second kappa shape index (κ2) is 5.30. The summed E-state index contributed by atoms with van der Waals surface area (Å²) in [6, 6.07) is 0. The number of carbonyl (C=O) groups is 2. The summed E-state index contributed by atoms with van der Waals surface area (Å²) in [6.45, 7) is 2.28. The van der Waals surface area contributed by atoms with Crippen LogP contribution in [0.15, 0.2) is 0 Å². The van der Waals surface area contributed by atoms with Crippen molar-refractivity contribution in [2.24, 2.45) is 0 Å². The van der Waals surface area contributed by atoms with Crippen LogP contribution in [0.5, 0.6) is 0 Å². The Labute approximate surface area is 95.1 Å². The third kappa shape index (κ3) is 2.95. The van der Waals surface area contributed by atoms with E-state index in [0.29, 0.717) is 19.5 Å². The molecule has 2 saturated heterocycles. The summed E-state index contributed by atoms with van der Waals surface area (Å²) in [5, 5.41) is 2.81. The van der Waals surface area contributed by atoms with Crippen LogP contribution in [0.1, 0.15) is 25.7 Å². The molecule has 1 atom stereocenters. The average Bonchev–Trinajstić information content (AvgIpc) is 2.88. The molecule has 0 radical (unpaired) electrons. The first-order valence-electron chi connectivity index (χ1n) is 5.92. The monoisotopic (exact) mass is 226 g/mol. The largest absolute Gasteiger partial charge is 0.376 e. The van der Waals surface area contributed by atoms with Gasteiger partial charge in [0.15, 0.2) is 0 Å². The van der Waals surface area contributed by atoms with Gasteiger partial charge in [0.2, 0.25) is 11.8 Å². The summed E-state index contributed by atoms with van der Waals surface area (Å²) < 4.78 is 5.40. The molecule has 1 N–H and O–H groups in total. The number of nitrogens with zero attached hydrogens (tertiary/aromatic N) is 1. The lowest BCUT2D eigenvalue weighted by molar-refractivity contribution is -0.133. The highest BCUT2D eigenvalue weighted by Gasteiger charge is 2.23. The molecule has 2 heterocycles. The van der Waals surface area contributed by atoms with E-state index in [0.717, 1.165) is 25.9 Å². The first-order chi connectivity index (χ1) is 7.75. The zero-order valence-electron chi connectivity index (χ0n) is 9.41. The van der Waals surface area contributed by atoms with Crippen molar-refractivity contribution in [2.45, 2.75) is 31.8 Å². The van der Waals surface area contributed by atoms with Gasteiger partial charge in [-0.05, 0) is 19.3 Å². The maximum absolute atomic E-state index is 11.5. The Kier molecular flexibility index (Phi) is 3.77. The molecule has 0 spiro atoms. The molecule has 2 aliphatic rings. The number of ether oxygens (including phenoxy) is 1.